The molecule has 0 saturated heterocycles. The van der Waals surface area contributed by atoms with E-state index in [-0.39, 0.29) is 56.6 Å². The van der Waals surface area contributed by atoms with Crippen LogP contribution in [0.3, 0.4) is 0 Å². The summed E-state index contributed by atoms with van der Waals surface area (Å²) in [5.41, 5.74) is -2.58. The number of phosphoric ester groups is 1. The van der Waals surface area contributed by atoms with Gasteiger partial charge in [-0.1, -0.05) is 6.07 Å². The standard InChI is InChI=1S/C21H17F4N4O7PS2.Na/c1-27-17(31)16-11(7-38-18(16)28(2)20(27)32)6-15(30)26-19-29(9-36-37(33,34)35)14(8-39-19)10-3-4-12(13(22)5-10)21(23,24)25;/h3-5,7-8H,6,9H2,1-2H3,(H2,33,34,35);/q;+1/p-1. The van der Waals surface area contributed by atoms with Gasteiger partial charge >= 0.3 is 41.4 Å². The summed E-state index contributed by atoms with van der Waals surface area (Å²) in [6.07, 6.45) is -5.34. The molecule has 19 heteroatoms. The average molecular weight is 630 g/mol. The van der Waals surface area contributed by atoms with Crippen molar-refractivity contribution >= 4 is 46.6 Å². The molecule has 4 aromatic rings. The third-order valence-corrected chi connectivity index (χ3v) is 7.93. The van der Waals surface area contributed by atoms with Gasteiger partial charge in [0.1, 0.15) is 17.4 Å². The van der Waals surface area contributed by atoms with Crippen LogP contribution in [0.5, 0.6) is 0 Å². The van der Waals surface area contributed by atoms with Crippen LogP contribution in [0.25, 0.3) is 21.5 Å². The molecule has 0 radical (unpaired) electrons. The van der Waals surface area contributed by atoms with Crippen molar-refractivity contribution in [2.24, 2.45) is 19.1 Å². The predicted molar refractivity (Wildman–Crippen MR) is 130 cm³/mol. The zero-order valence-electron chi connectivity index (χ0n) is 20.8. The van der Waals surface area contributed by atoms with E-state index in [2.05, 4.69) is 9.52 Å². The van der Waals surface area contributed by atoms with Crippen LogP contribution in [-0.2, 0) is 47.3 Å². The molecule has 208 valence electrons. The SMILES string of the molecule is Cn1c(=O)c2c(CC(=O)N=c3scc(-c4ccc(C(F)(F)F)c(F)c4)n3COP(=O)([O-])O)csc2n(C)c1=O.[Na+]. The van der Waals surface area contributed by atoms with E-state index in [1.807, 2.05) is 0 Å². The number of phosphoric acid groups is 1. The number of nitrogens with zero attached hydrogens (tertiary/aromatic N) is 4. The first-order valence-electron chi connectivity index (χ1n) is 10.6. The van der Waals surface area contributed by atoms with Crippen LogP contribution in [-0.4, -0.2) is 24.5 Å². The van der Waals surface area contributed by atoms with Gasteiger partial charge in [-0.05, 0) is 23.1 Å². The third kappa shape index (κ3) is 6.64. The van der Waals surface area contributed by atoms with Crippen LogP contribution in [0.4, 0.5) is 17.6 Å². The molecule has 1 unspecified atom stereocenters. The van der Waals surface area contributed by atoms with Crippen molar-refractivity contribution in [3.8, 4) is 11.3 Å². The Balaban J connectivity index is 0.00000441. The number of carbonyl (C=O) groups is 1. The van der Waals surface area contributed by atoms with Crippen molar-refractivity contribution in [2.45, 2.75) is 19.3 Å². The first-order chi connectivity index (χ1) is 18.1. The minimum atomic E-state index is -5.28. The second kappa shape index (κ2) is 12.0. The number of aromatic nitrogens is 3. The zero-order chi connectivity index (χ0) is 28.9. The summed E-state index contributed by atoms with van der Waals surface area (Å²) in [5, 5.41) is 2.93. The van der Waals surface area contributed by atoms with Gasteiger partial charge in [-0.15, -0.1) is 22.7 Å². The molecule has 0 fully saturated rings. The minimum absolute atomic E-state index is 0. The van der Waals surface area contributed by atoms with Gasteiger partial charge < -0.3 is 9.79 Å². The zero-order valence-corrected chi connectivity index (χ0v) is 25.3. The van der Waals surface area contributed by atoms with Crippen molar-refractivity contribution < 1.29 is 70.8 Å². The molecular formula is C21H16F4N4NaO7PS2. The van der Waals surface area contributed by atoms with Gasteiger partial charge in [0.25, 0.3) is 19.3 Å². The number of benzene rings is 1. The monoisotopic (exact) mass is 630 g/mol. The van der Waals surface area contributed by atoms with E-state index in [0.29, 0.717) is 17.0 Å². The molecule has 0 aliphatic rings. The van der Waals surface area contributed by atoms with Crippen LogP contribution < -0.4 is 50.5 Å². The van der Waals surface area contributed by atoms with E-state index >= 15 is 0 Å². The van der Waals surface area contributed by atoms with Gasteiger partial charge in [-0.25, -0.2) is 9.18 Å². The number of alkyl halides is 3. The second-order valence-corrected chi connectivity index (χ2v) is 11.0. The Morgan fingerprint density at radius 2 is 1.85 bits per heavy atom. The third-order valence-electron chi connectivity index (χ3n) is 5.52. The molecular weight excluding hydrogens is 614 g/mol. The maximum atomic E-state index is 14.2. The molecule has 1 N–H and O–H groups in total. The van der Waals surface area contributed by atoms with Crippen molar-refractivity contribution in [2.75, 3.05) is 0 Å². The Morgan fingerprint density at radius 1 is 1.18 bits per heavy atom. The molecule has 1 aromatic carbocycles. The molecule has 0 aliphatic carbocycles. The summed E-state index contributed by atoms with van der Waals surface area (Å²) < 4.78 is 71.7. The number of hydrogen-bond acceptors (Lipinski definition) is 8. The van der Waals surface area contributed by atoms with Gasteiger partial charge in [0, 0.05) is 25.0 Å². The number of amides is 1. The molecule has 1 atom stereocenters. The van der Waals surface area contributed by atoms with Crippen molar-refractivity contribution in [3.63, 3.8) is 0 Å². The molecule has 0 aliphatic heterocycles. The number of hydrogen-bond donors (Lipinski definition) is 1. The fourth-order valence-electron chi connectivity index (χ4n) is 3.67. The van der Waals surface area contributed by atoms with E-state index in [1.165, 1.54) is 29.4 Å². The van der Waals surface area contributed by atoms with Crippen LogP contribution in [0.2, 0.25) is 0 Å². The Kier molecular flexibility index (Phi) is 9.65. The number of thiophene rings is 1. The Morgan fingerprint density at radius 3 is 2.45 bits per heavy atom. The maximum absolute atomic E-state index is 14.2. The Hall–Kier alpha value is -2.21. The van der Waals surface area contributed by atoms with Gasteiger partial charge in [0.2, 0.25) is 0 Å². The number of halogens is 4. The molecule has 3 aromatic heterocycles. The molecule has 40 heavy (non-hydrogen) atoms. The largest absolute Gasteiger partial charge is 1.00 e. The summed E-state index contributed by atoms with van der Waals surface area (Å²) in [4.78, 5) is 61.9. The summed E-state index contributed by atoms with van der Waals surface area (Å²) in [5.74, 6) is -2.40. The predicted octanol–water partition coefficient (Wildman–Crippen LogP) is -0.905. The second-order valence-electron chi connectivity index (χ2n) is 8.08. The molecule has 11 nitrogen and oxygen atoms in total. The summed E-state index contributed by atoms with van der Waals surface area (Å²) in [7, 11) is -2.53. The average Bonchev–Trinajstić information content (AvgIpc) is 3.42. The number of fused-ring (bicyclic) bond motifs is 1. The number of aryl methyl sites for hydroxylation is 1. The Bertz CT molecular complexity index is 1850. The number of carbonyl (C=O) groups excluding carboxylic acids is 1. The molecule has 0 saturated carbocycles. The van der Waals surface area contributed by atoms with Gasteiger partial charge in [-0.2, -0.15) is 18.2 Å². The summed E-state index contributed by atoms with van der Waals surface area (Å²) in [6.45, 7) is -0.936. The summed E-state index contributed by atoms with van der Waals surface area (Å²) in [6, 6.07) is 2.00. The van der Waals surface area contributed by atoms with E-state index in [1.54, 1.807) is 0 Å². The number of rotatable bonds is 6. The molecule has 4 rings (SSSR count). The molecule has 0 spiro atoms. The fourth-order valence-corrected chi connectivity index (χ4v) is 5.87. The topological polar surface area (TPSA) is 148 Å². The molecule has 3 heterocycles. The normalized spacial score (nSPS) is 13.8. The smallest absolute Gasteiger partial charge is 0.756 e. The van der Waals surface area contributed by atoms with Crippen LogP contribution in [0.1, 0.15) is 11.1 Å². The van der Waals surface area contributed by atoms with Crippen LogP contribution >= 0.6 is 30.5 Å². The fraction of sp³-hybridized carbons (Fsp3) is 0.238. The first kappa shape index (κ1) is 32.3. The maximum Gasteiger partial charge on any atom is 1.00 e. The van der Waals surface area contributed by atoms with E-state index in [4.69, 9.17) is 4.89 Å². The van der Waals surface area contributed by atoms with Gasteiger partial charge in [0.15, 0.2) is 4.80 Å². The molecule has 1 amide bonds. The van der Waals surface area contributed by atoms with Crippen LogP contribution in [0.15, 0.2) is 43.5 Å². The number of thiazole rings is 1. The van der Waals surface area contributed by atoms with E-state index < -0.39 is 55.7 Å². The quantitative estimate of drug-likeness (QED) is 0.165. The molecule has 0 bridgehead atoms. The summed E-state index contributed by atoms with van der Waals surface area (Å²) >= 11 is 1.83. The van der Waals surface area contributed by atoms with Crippen LogP contribution in [0, 0.1) is 5.82 Å². The van der Waals surface area contributed by atoms with Crippen molar-refractivity contribution in [3.05, 3.63) is 71.5 Å². The first-order valence-corrected chi connectivity index (χ1v) is 13.8. The Labute approximate surface area is 251 Å². The van der Waals surface area contributed by atoms with Crippen molar-refractivity contribution in [1.29, 1.82) is 0 Å². The van der Waals surface area contributed by atoms with E-state index in [0.717, 1.165) is 37.9 Å². The van der Waals surface area contributed by atoms with Gasteiger partial charge in [-0.3, -0.25) is 32.4 Å². The van der Waals surface area contributed by atoms with Gasteiger partial charge in [0.05, 0.1) is 23.1 Å². The van der Waals surface area contributed by atoms with Crippen molar-refractivity contribution in [1.82, 2.24) is 13.7 Å². The van der Waals surface area contributed by atoms with E-state index in [9.17, 15) is 41.4 Å². The minimum Gasteiger partial charge on any atom is -0.756 e.